The molecule has 0 spiro atoms. The first-order valence-corrected chi connectivity index (χ1v) is 7.54. The highest BCUT2D eigenvalue weighted by Crippen LogP contribution is 2.38. The number of ketones is 2. The molecule has 0 aliphatic rings. The fourth-order valence-electron chi connectivity index (χ4n) is 2.35. The van der Waals surface area contributed by atoms with Gasteiger partial charge in [-0.05, 0) is 24.3 Å². The van der Waals surface area contributed by atoms with Gasteiger partial charge in [0.05, 0.1) is 34.0 Å². The molecule has 0 aliphatic heterocycles. The van der Waals surface area contributed by atoms with Gasteiger partial charge in [0, 0.05) is 11.1 Å². The van der Waals surface area contributed by atoms with Gasteiger partial charge in [0.15, 0.2) is 11.5 Å². The van der Waals surface area contributed by atoms with Crippen LogP contribution in [0.4, 0.5) is 0 Å². The third kappa shape index (κ3) is 3.66. The standard InChI is InChI=1S/C19H18O7/c1-23-14-9-13(10-15(24-2)18(14)25-3)17(21)16(20)11-5-7-12(8-6-11)19(22)26-4/h5-10H,1-4H3. The number of hydrogen-bond donors (Lipinski definition) is 0. The zero-order valence-electron chi connectivity index (χ0n) is 14.8. The number of Topliss-reactive ketones (excluding diaryl/α,β-unsaturated/α-hetero) is 2. The smallest absolute Gasteiger partial charge is 0.337 e. The Hall–Kier alpha value is -3.35. The Kier molecular flexibility index (Phi) is 5.95. The Bertz CT molecular complexity index is 812. The zero-order chi connectivity index (χ0) is 19.3. The van der Waals surface area contributed by atoms with E-state index >= 15 is 0 Å². The van der Waals surface area contributed by atoms with Crippen LogP contribution in [0.1, 0.15) is 31.1 Å². The maximum Gasteiger partial charge on any atom is 0.337 e. The molecule has 0 unspecified atom stereocenters. The molecule has 0 radical (unpaired) electrons. The minimum atomic E-state index is -0.741. The topological polar surface area (TPSA) is 88.1 Å². The number of benzene rings is 2. The molecule has 2 rings (SSSR count). The molecule has 0 saturated heterocycles. The van der Waals surface area contributed by atoms with Crippen LogP contribution in [0.5, 0.6) is 17.2 Å². The fraction of sp³-hybridized carbons (Fsp3) is 0.211. The number of ether oxygens (including phenoxy) is 4. The van der Waals surface area contributed by atoms with Crippen LogP contribution in [-0.4, -0.2) is 46.0 Å². The van der Waals surface area contributed by atoms with Gasteiger partial charge >= 0.3 is 5.97 Å². The Morgan fingerprint density at radius 3 is 1.54 bits per heavy atom. The minimum absolute atomic E-state index is 0.0987. The van der Waals surface area contributed by atoms with E-state index in [2.05, 4.69) is 4.74 Å². The highest BCUT2D eigenvalue weighted by molar-refractivity contribution is 6.49. The fourth-order valence-corrected chi connectivity index (χ4v) is 2.35. The molecule has 7 heteroatoms. The van der Waals surface area contributed by atoms with E-state index in [1.807, 2.05) is 0 Å². The first-order chi connectivity index (χ1) is 12.5. The van der Waals surface area contributed by atoms with E-state index in [9.17, 15) is 14.4 Å². The lowest BCUT2D eigenvalue weighted by Crippen LogP contribution is -2.15. The van der Waals surface area contributed by atoms with Crippen molar-refractivity contribution < 1.29 is 33.3 Å². The van der Waals surface area contributed by atoms with Crippen molar-refractivity contribution in [2.75, 3.05) is 28.4 Å². The Morgan fingerprint density at radius 2 is 1.12 bits per heavy atom. The van der Waals surface area contributed by atoms with Gasteiger partial charge in [0.1, 0.15) is 0 Å². The van der Waals surface area contributed by atoms with E-state index in [4.69, 9.17) is 14.2 Å². The lowest BCUT2D eigenvalue weighted by molar-refractivity contribution is 0.0600. The predicted molar refractivity (Wildman–Crippen MR) is 92.5 cm³/mol. The summed E-state index contributed by atoms with van der Waals surface area (Å²) in [5, 5.41) is 0. The van der Waals surface area contributed by atoms with Crippen LogP contribution >= 0.6 is 0 Å². The third-order valence-electron chi connectivity index (χ3n) is 3.70. The molecule has 2 aromatic carbocycles. The molecule has 0 aliphatic carbocycles. The molecule has 0 N–H and O–H groups in total. The molecule has 0 aromatic heterocycles. The summed E-state index contributed by atoms with van der Waals surface area (Å²) >= 11 is 0. The van der Waals surface area contributed by atoms with E-state index in [0.29, 0.717) is 5.75 Å². The van der Waals surface area contributed by atoms with Crippen molar-refractivity contribution in [2.45, 2.75) is 0 Å². The summed E-state index contributed by atoms with van der Waals surface area (Å²) in [7, 11) is 5.53. The van der Waals surface area contributed by atoms with Crippen LogP contribution in [-0.2, 0) is 4.74 Å². The van der Waals surface area contributed by atoms with Crippen molar-refractivity contribution >= 4 is 17.5 Å². The van der Waals surface area contributed by atoms with Gasteiger partial charge in [-0.25, -0.2) is 4.79 Å². The predicted octanol–water partition coefficient (Wildman–Crippen LogP) is 2.56. The Labute approximate surface area is 150 Å². The van der Waals surface area contributed by atoms with E-state index in [-0.39, 0.29) is 28.2 Å². The van der Waals surface area contributed by atoms with Crippen molar-refractivity contribution in [1.29, 1.82) is 0 Å². The van der Waals surface area contributed by atoms with Gasteiger partial charge in [-0.15, -0.1) is 0 Å². The lowest BCUT2D eigenvalue weighted by Gasteiger charge is -2.13. The van der Waals surface area contributed by atoms with Crippen LogP contribution in [0, 0.1) is 0 Å². The first-order valence-electron chi connectivity index (χ1n) is 7.54. The average Bonchev–Trinajstić information content (AvgIpc) is 2.70. The van der Waals surface area contributed by atoms with Gasteiger partial charge in [-0.1, -0.05) is 12.1 Å². The molecule has 0 fully saturated rings. The first kappa shape index (κ1) is 19.0. The minimum Gasteiger partial charge on any atom is -0.493 e. The SMILES string of the molecule is COC(=O)c1ccc(C(=O)C(=O)c2cc(OC)c(OC)c(OC)c2)cc1. The highest BCUT2D eigenvalue weighted by Gasteiger charge is 2.23. The Balaban J connectivity index is 2.36. The molecule has 7 nitrogen and oxygen atoms in total. The summed E-state index contributed by atoms with van der Waals surface area (Å²) in [5.41, 5.74) is 0.530. The number of methoxy groups -OCH3 is 4. The second-order valence-electron chi connectivity index (χ2n) is 5.14. The normalized spacial score (nSPS) is 10.0. The maximum atomic E-state index is 12.6. The largest absolute Gasteiger partial charge is 0.493 e. The van der Waals surface area contributed by atoms with E-state index < -0.39 is 17.5 Å². The lowest BCUT2D eigenvalue weighted by atomic mass is 10.00. The summed E-state index contributed by atoms with van der Waals surface area (Å²) in [6, 6.07) is 8.44. The quantitative estimate of drug-likeness (QED) is 0.427. The number of carbonyl (C=O) groups excluding carboxylic acids is 3. The number of rotatable bonds is 7. The molecule has 0 heterocycles. The molecule has 2 aromatic rings. The molecule has 26 heavy (non-hydrogen) atoms. The van der Waals surface area contributed by atoms with Crippen molar-refractivity contribution in [3.63, 3.8) is 0 Å². The van der Waals surface area contributed by atoms with Crippen LogP contribution in [0.25, 0.3) is 0 Å². The summed E-state index contributed by atoms with van der Waals surface area (Å²) in [6.07, 6.45) is 0. The van der Waals surface area contributed by atoms with E-state index in [0.717, 1.165) is 0 Å². The monoisotopic (exact) mass is 358 g/mol. The summed E-state index contributed by atoms with van der Waals surface area (Å²) in [4.78, 5) is 36.5. The van der Waals surface area contributed by atoms with Crippen LogP contribution in [0.2, 0.25) is 0 Å². The molecule has 136 valence electrons. The third-order valence-corrected chi connectivity index (χ3v) is 3.70. The van der Waals surface area contributed by atoms with Gasteiger partial charge in [0.2, 0.25) is 17.3 Å². The van der Waals surface area contributed by atoms with Crippen LogP contribution < -0.4 is 14.2 Å². The summed E-state index contributed by atoms with van der Waals surface area (Å²) in [6.45, 7) is 0. The van der Waals surface area contributed by atoms with E-state index in [1.165, 1.54) is 64.8 Å². The molecular weight excluding hydrogens is 340 g/mol. The number of carbonyl (C=O) groups is 3. The van der Waals surface area contributed by atoms with Gasteiger partial charge in [-0.2, -0.15) is 0 Å². The van der Waals surface area contributed by atoms with Gasteiger partial charge in [0.25, 0.3) is 0 Å². The summed E-state index contributed by atoms with van der Waals surface area (Å²) in [5.74, 6) is -1.14. The number of esters is 1. The molecule has 0 atom stereocenters. The molecule has 0 saturated carbocycles. The molecular formula is C19H18O7. The number of hydrogen-bond acceptors (Lipinski definition) is 7. The second kappa shape index (κ2) is 8.15. The average molecular weight is 358 g/mol. The van der Waals surface area contributed by atoms with Gasteiger partial charge in [-0.3, -0.25) is 9.59 Å². The van der Waals surface area contributed by atoms with Gasteiger partial charge < -0.3 is 18.9 Å². The van der Waals surface area contributed by atoms with Crippen LogP contribution in [0.15, 0.2) is 36.4 Å². The van der Waals surface area contributed by atoms with Crippen molar-refractivity contribution in [3.05, 3.63) is 53.1 Å². The maximum absolute atomic E-state index is 12.6. The Morgan fingerprint density at radius 1 is 0.654 bits per heavy atom. The van der Waals surface area contributed by atoms with Crippen molar-refractivity contribution in [1.82, 2.24) is 0 Å². The van der Waals surface area contributed by atoms with Crippen LogP contribution in [0.3, 0.4) is 0 Å². The van der Waals surface area contributed by atoms with Crippen molar-refractivity contribution in [2.24, 2.45) is 0 Å². The summed E-state index contributed by atoms with van der Waals surface area (Å²) < 4.78 is 20.2. The zero-order valence-corrected chi connectivity index (χ0v) is 14.8. The molecule has 0 amide bonds. The van der Waals surface area contributed by atoms with E-state index in [1.54, 1.807) is 0 Å². The van der Waals surface area contributed by atoms with Crippen molar-refractivity contribution in [3.8, 4) is 17.2 Å². The second-order valence-corrected chi connectivity index (χ2v) is 5.14. The highest BCUT2D eigenvalue weighted by atomic mass is 16.5. The molecule has 0 bridgehead atoms.